The minimum Gasteiger partial charge on any atom is -0.261 e. The zero-order valence-corrected chi connectivity index (χ0v) is 16.3. The lowest BCUT2D eigenvalue weighted by Crippen LogP contribution is -2.33. The number of hydrogen-bond acceptors (Lipinski definition) is 4. The van der Waals surface area contributed by atoms with Crippen molar-refractivity contribution in [2.75, 3.05) is 13.1 Å². The number of thiophene rings is 1. The Labute approximate surface area is 152 Å². The predicted octanol–water partition coefficient (Wildman–Crippen LogP) is 4.47. The van der Waals surface area contributed by atoms with Gasteiger partial charge in [-0.2, -0.15) is 4.31 Å². The van der Waals surface area contributed by atoms with Crippen molar-refractivity contribution in [3.8, 4) is 0 Å². The maximum atomic E-state index is 12.8. The molecule has 4 nitrogen and oxygen atoms in total. The van der Waals surface area contributed by atoms with Crippen molar-refractivity contribution in [1.82, 2.24) is 9.29 Å². The fraction of sp³-hybridized carbons (Fsp3) is 0.308. The molecule has 0 aliphatic heterocycles. The standard InChI is InChI=1S/C13H13BrCl2N2O2S2/c1-2-18(8-6-9-5-3-4-7-17-9)22(19,20)11-10(14)12(15)21-13(11)16/h3-5,7H,2,6,8H2,1H3. The van der Waals surface area contributed by atoms with Crippen molar-refractivity contribution in [3.63, 3.8) is 0 Å². The van der Waals surface area contributed by atoms with E-state index in [1.807, 2.05) is 18.2 Å². The Morgan fingerprint density at radius 3 is 2.55 bits per heavy atom. The largest absolute Gasteiger partial charge is 0.261 e. The lowest BCUT2D eigenvalue weighted by Gasteiger charge is -2.20. The van der Waals surface area contributed by atoms with Crippen LogP contribution >= 0.6 is 50.5 Å². The van der Waals surface area contributed by atoms with Crippen molar-refractivity contribution >= 4 is 60.5 Å². The molecule has 0 unspecified atom stereocenters. The van der Waals surface area contributed by atoms with Gasteiger partial charge in [0.25, 0.3) is 0 Å². The smallest absolute Gasteiger partial charge is 0.246 e. The second-order valence-electron chi connectivity index (χ2n) is 4.36. The molecule has 22 heavy (non-hydrogen) atoms. The van der Waals surface area contributed by atoms with Crippen LogP contribution in [0.2, 0.25) is 8.67 Å². The zero-order valence-electron chi connectivity index (χ0n) is 11.6. The van der Waals surface area contributed by atoms with Crippen molar-refractivity contribution < 1.29 is 8.42 Å². The summed E-state index contributed by atoms with van der Waals surface area (Å²) in [5.74, 6) is 0. The van der Waals surface area contributed by atoms with Crippen LogP contribution in [0.15, 0.2) is 33.8 Å². The van der Waals surface area contributed by atoms with Gasteiger partial charge in [-0.05, 0) is 28.1 Å². The summed E-state index contributed by atoms with van der Waals surface area (Å²) in [6.07, 6.45) is 2.22. The molecule has 2 rings (SSSR count). The lowest BCUT2D eigenvalue weighted by molar-refractivity contribution is 0.429. The predicted molar refractivity (Wildman–Crippen MR) is 94.4 cm³/mol. The van der Waals surface area contributed by atoms with E-state index in [0.717, 1.165) is 17.0 Å². The minimum absolute atomic E-state index is 0.0343. The summed E-state index contributed by atoms with van der Waals surface area (Å²) in [4.78, 5) is 4.24. The molecule has 0 aromatic carbocycles. The Bertz CT molecular complexity index is 751. The summed E-state index contributed by atoms with van der Waals surface area (Å²) >= 11 is 16.2. The molecule has 2 aromatic heterocycles. The maximum Gasteiger partial charge on any atom is 0.246 e. The van der Waals surface area contributed by atoms with E-state index in [1.165, 1.54) is 4.31 Å². The average Bonchev–Trinajstić information content (AvgIpc) is 2.74. The third-order valence-corrected chi connectivity index (χ3v) is 8.46. The van der Waals surface area contributed by atoms with E-state index < -0.39 is 10.0 Å². The lowest BCUT2D eigenvalue weighted by atomic mass is 10.3. The zero-order chi connectivity index (χ0) is 16.3. The van der Waals surface area contributed by atoms with E-state index in [2.05, 4.69) is 20.9 Å². The number of rotatable bonds is 6. The normalized spacial score (nSPS) is 12.0. The summed E-state index contributed by atoms with van der Waals surface area (Å²) < 4.78 is 27.7. The van der Waals surface area contributed by atoms with E-state index in [0.29, 0.717) is 28.3 Å². The molecule has 0 aliphatic carbocycles. The van der Waals surface area contributed by atoms with Crippen molar-refractivity contribution in [2.24, 2.45) is 0 Å². The molecule has 2 heterocycles. The van der Waals surface area contributed by atoms with Gasteiger partial charge in [0, 0.05) is 31.4 Å². The Kier molecular flexibility index (Phi) is 6.27. The highest BCUT2D eigenvalue weighted by Gasteiger charge is 2.31. The van der Waals surface area contributed by atoms with Crippen LogP contribution < -0.4 is 0 Å². The fourth-order valence-electron chi connectivity index (χ4n) is 1.92. The molecule has 120 valence electrons. The van der Waals surface area contributed by atoms with E-state index >= 15 is 0 Å². The monoisotopic (exact) mass is 442 g/mol. The molecule has 2 aromatic rings. The van der Waals surface area contributed by atoms with Gasteiger partial charge in [-0.1, -0.05) is 36.2 Å². The second kappa shape index (κ2) is 7.59. The summed E-state index contributed by atoms with van der Waals surface area (Å²) in [5, 5.41) is 0. The van der Waals surface area contributed by atoms with Crippen molar-refractivity contribution in [2.45, 2.75) is 18.2 Å². The molecule has 0 atom stereocenters. The summed E-state index contributed by atoms with van der Waals surface area (Å²) in [5.41, 5.74) is 0.838. The molecule has 0 amide bonds. The Morgan fingerprint density at radius 1 is 1.32 bits per heavy atom. The van der Waals surface area contributed by atoms with Gasteiger partial charge in [-0.15, -0.1) is 11.3 Å². The van der Waals surface area contributed by atoms with Gasteiger partial charge in [0.1, 0.15) is 13.6 Å². The molecule has 0 radical (unpaired) electrons. The van der Waals surface area contributed by atoms with Gasteiger partial charge < -0.3 is 0 Å². The fourth-order valence-corrected chi connectivity index (χ4v) is 6.85. The van der Waals surface area contributed by atoms with Crippen molar-refractivity contribution in [1.29, 1.82) is 0 Å². The van der Waals surface area contributed by atoms with Crippen molar-refractivity contribution in [3.05, 3.63) is 43.2 Å². The van der Waals surface area contributed by atoms with Gasteiger partial charge in [0.15, 0.2) is 0 Å². The molecule has 0 bridgehead atoms. The van der Waals surface area contributed by atoms with Crippen LogP contribution in [0.1, 0.15) is 12.6 Å². The van der Waals surface area contributed by atoms with E-state index in [1.54, 1.807) is 13.1 Å². The van der Waals surface area contributed by atoms with Crippen LogP contribution in [0.4, 0.5) is 0 Å². The Morgan fingerprint density at radius 2 is 2.05 bits per heavy atom. The third-order valence-electron chi connectivity index (χ3n) is 3.02. The SMILES string of the molecule is CCN(CCc1ccccn1)S(=O)(=O)c1c(Cl)sc(Cl)c1Br. The molecule has 9 heteroatoms. The quantitative estimate of drug-likeness (QED) is 0.661. The van der Waals surface area contributed by atoms with E-state index in [9.17, 15) is 8.42 Å². The highest BCUT2D eigenvalue weighted by molar-refractivity contribution is 9.10. The van der Waals surface area contributed by atoms with Gasteiger partial charge in [0.2, 0.25) is 10.0 Å². The number of sulfonamides is 1. The molecule has 0 saturated heterocycles. The highest BCUT2D eigenvalue weighted by atomic mass is 79.9. The number of hydrogen-bond donors (Lipinski definition) is 0. The Hall–Kier alpha value is -0.180. The van der Waals surface area contributed by atoms with Gasteiger partial charge in [-0.25, -0.2) is 8.42 Å². The highest BCUT2D eigenvalue weighted by Crippen LogP contribution is 2.43. The van der Waals surface area contributed by atoms with Crippen LogP contribution in [-0.2, 0) is 16.4 Å². The molecule has 0 fully saturated rings. The van der Waals surface area contributed by atoms with E-state index in [4.69, 9.17) is 23.2 Å². The molecular weight excluding hydrogens is 431 g/mol. The maximum absolute atomic E-state index is 12.8. The minimum atomic E-state index is -3.71. The van der Waals surface area contributed by atoms with Crippen LogP contribution in [0.3, 0.4) is 0 Å². The summed E-state index contributed by atoms with van der Waals surface area (Å²) in [6.45, 7) is 2.45. The molecule has 0 N–H and O–H groups in total. The first-order chi connectivity index (χ1) is 10.4. The molecular formula is C13H13BrCl2N2O2S2. The summed E-state index contributed by atoms with van der Waals surface area (Å²) in [6, 6.07) is 5.56. The topological polar surface area (TPSA) is 50.3 Å². The van der Waals surface area contributed by atoms with Gasteiger partial charge in [-0.3, -0.25) is 4.98 Å². The molecule has 0 saturated carbocycles. The Balaban J connectivity index is 2.25. The van der Waals surface area contributed by atoms with Gasteiger partial charge >= 0.3 is 0 Å². The molecule has 0 spiro atoms. The number of aromatic nitrogens is 1. The first-order valence-corrected chi connectivity index (χ1v) is 10.2. The average molecular weight is 444 g/mol. The number of nitrogens with zero attached hydrogens (tertiary/aromatic N) is 2. The van der Waals surface area contributed by atoms with Gasteiger partial charge in [0.05, 0.1) is 4.47 Å². The van der Waals surface area contributed by atoms with Crippen LogP contribution in [-0.4, -0.2) is 30.8 Å². The third kappa shape index (κ3) is 3.83. The van der Waals surface area contributed by atoms with Crippen LogP contribution in [0, 0.1) is 0 Å². The summed E-state index contributed by atoms with van der Waals surface area (Å²) in [7, 11) is -3.71. The van der Waals surface area contributed by atoms with E-state index in [-0.39, 0.29) is 9.23 Å². The second-order valence-corrected chi connectivity index (χ2v) is 9.25. The number of pyridine rings is 1. The first kappa shape index (κ1) is 18.2. The molecule has 0 aliphatic rings. The van der Waals surface area contributed by atoms with Crippen LogP contribution in [0.5, 0.6) is 0 Å². The number of halogens is 3. The first-order valence-electron chi connectivity index (χ1n) is 6.41. The number of likely N-dealkylation sites (N-methyl/N-ethyl adjacent to an activating group) is 1. The van der Waals surface area contributed by atoms with Crippen LogP contribution in [0.25, 0.3) is 0 Å².